The summed E-state index contributed by atoms with van der Waals surface area (Å²) < 4.78 is 8.88. The van der Waals surface area contributed by atoms with Crippen LogP contribution in [-0.4, -0.2) is 56.8 Å². The first-order valence-electron chi connectivity index (χ1n) is 11.0. The lowest BCUT2D eigenvalue weighted by Gasteiger charge is -2.40. The molecule has 0 radical (unpaired) electrons. The van der Waals surface area contributed by atoms with E-state index in [1.807, 2.05) is 18.2 Å². The van der Waals surface area contributed by atoms with E-state index in [1.165, 1.54) is 18.4 Å². The molecule has 2 aliphatic rings. The topological polar surface area (TPSA) is 130 Å². The van der Waals surface area contributed by atoms with Crippen molar-refractivity contribution in [1.82, 2.24) is 10.2 Å². The highest BCUT2D eigenvalue weighted by molar-refractivity contribution is 7.45. The quantitative estimate of drug-likeness (QED) is 0.381. The molecule has 2 aromatic carbocycles. The predicted molar refractivity (Wildman–Crippen MR) is 131 cm³/mol. The van der Waals surface area contributed by atoms with Crippen LogP contribution in [0.5, 0.6) is 5.75 Å². The number of aryl methyl sites for hydroxylation is 1. The fourth-order valence-electron chi connectivity index (χ4n) is 4.96. The molecule has 1 aliphatic carbocycles. The summed E-state index contributed by atoms with van der Waals surface area (Å²) in [4.78, 5) is 36.3. The first kappa shape index (κ1) is 27.0. The van der Waals surface area contributed by atoms with E-state index in [9.17, 15) is 9.90 Å². The second kappa shape index (κ2) is 11.4. The van der Waals surface area contributed by atoms with Crippen LogP contribution in [0.3, 0.4) is 0 Å². The number of carbonyl (C=O) groups excluding carboxylic acids is 1. The Labute approximate surface area is 208 Å². The van der Waals surface area contributed by atoms with Gasteiger partial charge in [0.1, 0.15) is 5.75 Å². The molecule has 2 atom stereocenters. The van der Waals surface area contributed by atoms with E-state index in [2.05, 4.69) is 10.2 Å². The Morgan fingerprint density at radius 1 is 1.15 bits per heavy atom. The molecule has 2 aromatic rings. The van der Waals surface area contributed by atoms with Crippen molar-refractivity contribution < 1.29 is 29.1 Å². The van der Waals surface area contributed by atoms with Crippen LogP contribution >= 0.6 is 31.0 Å². The number of phenolic OH excluding ortho intramolecular Hbond substituents is 1. The molecule has 0 bridgehead atoms. The first-order chi connectivity index (χ1) is 16.0. The number of carbonyl (C=O) groups is 1. The Morgan fingerprint density at radius 2 is 1.79 bits per heavy atom. The number of likely N-dealkylation sites (N-methyl/N-ethyl adjacent to an activating group) is 1. The third kappa shape index (κ3) is 6.73. The van der Waals surface area contributed by atoms with Crippen molar-refractivity contribution in [2.75, 3.05) is 20.1 Å². The van der Waals surface area contributed by atoms with Gasteiger partial charge in [0.15, 0.2) is 0 Å². The number of phenols is 1. The van der Waals surface area contributed by atoms with Gasteiger partial charge in [0.2, 0.25) is 5.91 Å². The van der Waals surface area contributed by atoms with Gasteiger partial charge in [-0.25, -0.2) is 4.57 Å². The number of benzene rings is 2. The monoisotopic (exact) mass is 530 g/mol. The molecule has 1 saturated heterocycles. The van der Waals surface area contributed by atoms with E-state index >= 15 is 0 Å². The summed E-state index contributed by atoms with van der Waals surface area (Å²) in [5, 5.41) is 13.8. The average molecular weight is 531 g/mol. The summed E-state index contributed by atoms with van der Waals surface area (Å²) >= 11 is 13.2. The van der Waals surface area contributed by atoms with E-state index in [4.69, 9.17) is 42.4 Å². The Kier molecular flexibility index (Phi) is 9.04. The molecule has 0 saturated carbocycles. The predicted octanol–water partition coefficient (Wildman–Crippen LogP) is 3.60. The number of fused-ring (bicyclic) bond motifs is 1. The van der Waals surface area contributed by atoms with Crippen molar-refractivity contribution in [3.63, 3.8) is 0 Å². The van der Waals surface area contributed by atoms with Gasteiger partial charge in [-0.2, -0.15) is 0 Å². The number of halogens is 2. The zero-order valence-electron chi connectivity index (χ0n) is 18.7. The molecule has 2 unspecified atom stereocenters. The van der Waals surface area contributed by atoms with Crippen LogP contribution in [0.25, 0.3) is 0 Å². The van der Waals surface area contributed by atoms with Crippen molar-refractivity contribution >= 4 is 36.9 Å². The smallest absolute Gasteiger partial charge is 0.466 e. The number of hydrogen-bond donors (Lipinski definition) is 5. The Morgan fingerprint density at radius 3 is 2.41 bits per heavy atom. The largest absolute Gasteiger partial charge is 0.508 e. The lowest BCUT2D eigenvalue weighted by Crippen LogP contribution is -2.41. The van der Waals surface area contributed by atoms with Crippen molar-refractivity contribution in [2.45, 2.75) is 44.1 Å². The van der Waals surface area contributed by atoms with Gasteiger partial charge >= 0.3 is 7.82 Å². The summed E-state index contributed by atoms with van der Waals surface area (Å²) in [6, 6.07) is 9.62. The normalized spacial score (nSPS) is 20.3. The highest BCUT2D eigenvalue weighted by atomic mass is 35.5. The van der Waals surface area contributed by atoms with Crippen molar-refractivity contribution in [2.24, 2.45) is 0 Å². The highest BCUT2D eigenvalue weighted by Crippen LogP contribution is 2.46. The van der Waals surface area contributed by atoms with Crippen LogP contribution in [0.2, 0.25) is 10.0 Å². The molecular formula is C23H29Cl2N2O6P. The maximum Gasteiger partial charge on any atom is 0.466 e. The maximum atomic E-state index is 12.2. The second-order valence-corrected chi connectivity index (χ2v) is 10.3. The molecule has 0 spiro atoms. The number of nitrogens with one attached hydrogen (secondary N) is 1. The van der Waals surface area contributed by atoms with Crippen LogP contribution in [0.1, 0.15) is 47.4 Å². The summed E-state index contributed by atoms with van der Waals surface area (Å²) in [6.45, 7) is 2.16. The Bertz CT molecular complexity index is 1080. The standard InChI is InChI=1S/C23H26Cl2N2O2.H3O4P/c1-26-20(29)13-15-4-8-18(24)23(25)21(15)22-17-7-6-16(28)12-14(17)5-9-19(22)27-10-2-3-11-27;1-5(2,3)4/h4,6-8,12,19,22,28H,2-3,5,9-11,13H2,1H3,(H,26,29);(H3,1,2,3,4). The van der Waals surface area contributed by atoms with E-state index in [0.29, 0.717) is 16.1 Å². The second-order valence-electron chi connectivity index (χ2n) is 8.51. The minimum atomic E-state index is -4.64. The molecule has 1 aliphatic heterocycles. The number of phosphoric acid groups is 1. The summed E-state index contributed by atoms with van der Waals surface area (Å²) in [5.41, 5.74) is 4.18. The minimum absolute atomic E-state index is 0.0170. The summed E-state index contributed by atoms with van der Waals surface area (Å²) in [5.74, 6) is 0.248. The molecule has 8 nitrogen and oxygen atoms in total. The summed E-state index contributed by atoms with van der Waals surface area (Å²) in [6.07, 6.45) is 4.59. The molecule has 11 heteroatoms. The van der Waals surface area contributed by atoms with Gasteiger partial charge in [-0.1, -0.05) is 35.3 Å². The van der Waals surface area contributed by atoms with E-state index in [0.717, 1.165) is 42.6 Å². The zero-order valence-corrected chi connectivity index (χ0v) is 21.2. The average Bonchev–Trinajstić information content (AvgIpc) is 3.29. The number of rotatable bonds is 4. The number of hydrogen-bond acceptors (Lipinski definition) is 4. The first-order valence-corrected chi connectivity index (χ1v) is 13.3. The number of nitrogens with zero attached hydrogens (tertiary/aromatic N) is 1. The molecule has 5 N–H and O–H groups in total. The number of amides is 1. The Hall–Kier alpha value is -1.64. The van der Waals surface area contributed by atoms with Crippen LogP contribution in [0.15, 0.2) is 30.3 Å². The molecule has 1 fully saturated rings. The lowest BCUT2D eigenvalue weighted by atomic mass is 9.73. The van der Waals surface area contributed by atoms with Crippen LogP contribution < -0.4 is 5.32 Å². The third-order valence-electron chi connectivity index (χ3n) is 6.33. The lowest BCUT2D eigenvalue weighted by molar-refractivity contribution is -0.119. The Balaban J connectivity index is 0.000000588. The minimum Gasteiger partial charge on any atom is -0.508 e. The fraction of sp³-hybridized carbons (Fsp3) is 0.435. The maximum absolute atomic E-state index is 12.2. The van der Waals surface area contributed by atoms with E-state index < -0.39 is 7.82 Å². The van der Waals surface area contributed by atoms with Crippen LogP contribution in [0, 0.1) is 0 Å². The molecule has 1 heterocycles. The number of likely N-dealkylation sites (tertiary alicyclic amines) is 1. The molecule has 0 aromatic heterocycles. The zero-order chi connectivity index (χ0) is 25.0. The van der Waals surface area contributed by atoms with Crippen LogP contribution in [0.4, 0.5) is 0 Å². The third-order valence-corrected chi connectivity index (χ3v) is 7.15. The van der Waals surface area contributed by atoms with Gasteiger partial charge in [0.05, 0.1) is 16.5 Å². The van der Waals surface area contributed by atoms with Gasteiger partial charge in [-0.05, 0) is 79.2 Å². The van der Waals surface area contributed by atoms with E-state index in [-0.39, 0.29) is 24.0 Å². The molecular weight excluding hydrogens is 502 g/mol. The van der Waals surface area contributed by atoms with Gasteiger partial charge in [-0.3, -0.25) is 9.69 Å². The summed E-state index contributed by atoms with van der Waals surface area (Å²) in [7, 11) is -2.99. The van der Waals surface area contributed by atoms with Gasteiger partial charge in [-0.15, -0.1) is 0 Å². The van der Waals surface area contributed by atoms with Crippen molar-refractivity contribution in [3.05, 3.63) is 62.6 Å². The number of aromatic hydroxyl groups is 1. The highest BCUT2D eigenvalue weighted by Gasteiger charge is 2.38. The SMILES string of the molecule is CNC(=O)Cc1ccc(Cl)c(Cl)c1C1c2ccc(O)cc2CCC1N1CCCC1.O=P(O)(O)O. The molecule has 1 amide bonds. The van der Waals surface area contributed by atoms with Crippen LogP contribution in [-0.2, 0) is 22.2 Å². The van der Waals surface area contributed by atoms with Crippen molar-refractivity contribution in [1.29, 1.82) is 0 Å². The fourth-order valence-corrected chi connectivity index (χ4v) is 5.43. The van der Waals surface area contributed by atoms with Gasteiger partial charge in [0.25, 0.3) is 0 Å². The molecule has 4 rings (SSSR count). The van der Waals surface area contributed by atoms with Gasteiger partial charge in [0, 0.05) is 19.0 Å². The van der Waals surface area contributed by atoms with E-state index in [1.54, 1.807) is 19.2 Å². The molecule has 34 heavy (non-hydrogen) atoms. The van der Waals surface area contributed by atoms with Crippen molar-refractivity contribution in [3.8, 4) is 5.75 Å². The van der Waals surface area contributed by atoms with Gasteiger partial charge < -0.3 is 25.1 Å². The molecule has 186 valence electrons.